The summed E-state index contributed by atoms with van der Waals surface area (Å²) in [6.07, 6.45) is -0.301. The average molecular weight is 381 g/mol. The minimum absolute atomic E-state index is 0.160. The number of carbonyl (C=O) groups excluding carboxylic acids is 1. The van der Waals surface area contributed by atoms with Gasteiger partial charge in [-0.1, -0.05) is 17.9 Å². The Balaban J connectivity index is 1.85. The van der Waals surface area contributed by atoms with Gasteiger partial charge in [0.05, 0.1) is 17.9 Å². The van der Waals surface area contributed by atoms with E-state index in [0.717, 1.165) is 0 Å². The summed E-state index contributed by atoms with van der Waals surface area (Å²) < 4.78 is 5.06. The fraction of sp³-hybridized carbons (Fsp3) is 0.350. The van der Waals surface area contributed by atoms with Crippen molar-refractivity contribution < 1.29 is 14.6 Å². The van der Waals surface area contributed by atoms with Crippen molar-refractivity contribution in [3.8, 4) is 17.6 Å². The minimum atomic E-state index is -0.301. The molecule has 1 aliphatic heterocycles. The Morgan fingerprint density at radius 2 is 2.00 bits per heavy atom. The summed E-state index contributed by atoms with van der Waals surface area (Å²) in [7, 11) is 0. The molecule has 8 nitrogen and oxygen atoms in total. The predicted molar refractivity (Wildman–Crippen MR) is 106 cm³/mol. The van der Waals surface area contributed by atoms with Gasteiger partial charge in [-0.2, -0.15) is 4.98 Å². The van der Waals surface area contributed by atoms with Crippen molar-refractivity contribution in [3.05, 3.63) is 41.1 Å². The number of nitrogens with zero attached hydrogens (tertiary/aromatic N) is 4. The maximum atomic E-state index is 11.9. The molecular weight excluding hydrogens is 358 g/mol. The van der Waals surface area contributed by atoms with Crippen LogP contribution in [0.1, 0.15) is 23.7 Å². The van der Waals surface area contributed by atoms with Crippen molar-refractivity contribution >= 4 is 17.9 Å². The monoisotopic (exact) mass is 381 g/mol. The van der Waals surface area contributed by atoms with Crippen molar-refractivity contribution in [1.82, 2.24) is 14.9 Å². The molecule has 1 aromatic carbocycles. The van der Waals surface area contributed by atoms with E-state index in [1.807, 2.05) is 17.9 Å². The number of aromatic hydroxyl groups is 1. The van der Waals surface area contributed by atoms with Gasteiger partial charge in [-0.15, -0.1) is 0 Å². The zero-order valence-corrected chi connectivity index (χ0v) is 16.0. The van der Waals surface area contributed by atoms with Crippen LogP contribution in [0.25, 0.3) is 0 Å². The number of hydrogen-bond donors (Lipinski definition) is 2. The number of hydrogen-bond acceptors (Lipinski definition) is 7. The molecule has 1 amide bonds. The minimum Gasteiger partial charge on any atom is -0.508 e. The summed E-state index contributed by atoms with van der Waals surface area (Å²) >= 11 is 0. The second-order valence-electron chi connectivity index (χ2n) is 6.34. The van der Waals surface area contributed by atoms with Crippen LogP contribution in [0.2, 0.25) is 0 Å². The molecule has 0 radical (unpaired) electrons. The third-order valence-electron chi connectivity index (χ3n) is 4.37. The number of ether oxygens (including phenoxy) is 1. The number of amides is 1. The molecule has 2 heterocycles. The number of carbonyl (C=O) groups is 1. The fourth-order valence-electron chi connectivity index (χ4n) is 2.99. The molecule has 28 heavy (non-hydrogen) atoms. The summed E-state index contributed by atoms with van der Waals surface area (Å²) in [4.78, 5) is 24.3. The molecule has 3 rings (SSSR count). The van der Waals surface area contributed by atoms with Crippen molar-refractivity contribution in [2.75, 3.05) is 43.4 Å². The van der Waals surface area contributed by atoms with Gasteiger partial charge in [-0.25, -0.2) is 9.78 Å². The van der Waals surface area contributed by atoms with Gasteiger partial charge in [0.1, 0.15) is 11.6 Å². The highest BCUT2D eigenvalue weighted by atomic mass is 16.6. The standard InChI is InChI=1S/C20H23N5O3/c1-3-28-20(27)25-11-9-24(10-12-25)18-17(14(2)22-19(21)23-18)8-7-15-5-4-6-16(26)13-15/h4-6,13,26H,3,9-12H2,1-2H3,(H2,21,22,23). The summed E-state index contributed by atoms with van der Waals surface area (Å²) in [6, 6.07) is 6.74. The highest BCUT2D eigenvalue weighted by molar-refractivity contribution is 5.68. The lowest BCUT2D eigenvalue weighted by molar-refractivity contribution is 0.105. The van der Waals surface area contributed by atoms with Crippen LogP contribution in [-0.4, -0.2) is 58.9 Å². The van der Waals surface area contributed by atoms with Crippen molar-refractivity contribution in [2.45, 2.75) is 13.8 Å². The van der Waals surface area contributed by atoms with E-state index in [2.05, 4.69) is 21.8 Å². The molecule has 0 atom stereocenters. The summed E-state index contributed by atoms with van der Waals surface area (Å²) in [5.41, 5.74) is 7.92. The van der Waals surface area contributed by atoms with E-state index in [1.165, 1.54) is 0 Å². The molecule has 1 fully saturated rings. The molecule has 1 aliphatic rings. The SMILES string of the molecule is CCOC(=O)N1CCN(c2nc(N)nc(C)c2C#Cc2cccc(O)c2)CC1. The molecule has 0 spiro atoms. The molecular formula is C20H23N5O3. The molecule has 3 N–H and O–H groups in total. The van der Waals surface area contributed by atoms with Crippen molar-refractivity contribution in [1.29, 1.82) is 0 Å². The normalized spacial score (nSPS) is 13.6. The van der Waals surface area contributed by atoms with Gasteiger partial charge in [0.2, 0.25) is 5.95 Å². The summed E-state index contributed by atoms with van der Waals surface area (Å²) in [5.74, 6) is 7.16. The number of aryl methyl sites for hydroxylation is 1. The van der Waals surface area contributed by atoms with Gasteiger partial charge < -0.3 is 25.4 Å². The number of nitrogens with two attached hydrogens (primary N) is 1. The van der Waals surface area contributed by atoms with E-state index >= 15 is 0 Å². The van der Waals surface area contributed by atoms with Gasteiger partial charge in [-0.3, -0.25) is 0 Å². The molecule has 0 bridgehead atoms. The average Bonchev–Trinajstić information content (AvgIpc) is 2.67. The van der Waals surface area contributed by atoms with Crippen molar-refractivity contribution in [2.24, 2.45) is 0 Å². The van der Waals surface area contributed by atoms with E-state index in [0.29, 0.717) is 55.4 Å². The Hall–Kier alpha value is -3.47. The van der Waals surface area contributed by atoms with Crippen LogP contribution in [0.3, 0.4) is 0 Å². The van der Waals surface area contributed by atoms with Gasteiger partial charge in [0.25, 0.3) is 0 Å². The Labute approximate surface area is 163 Å². The summed E-state index contributed by atoms with van der Waals surface area (Å²) in [6.45, 7) is 6.23. The van der Waals surface area contributed by atoms with Crippen LogP contribution < -0.4 is 10.6 Å². The zero-order chi connectivity index (χ0) is 20.1. The largest absolute Gasteiger partial charge is 0.508 e. The predicted octanol–water partition coefficient (Wildman–Crippen LogP) is 1.75. The number of nitrogen functional groups attached to an aromatic ring is 1. The highest BCUT2D eigenvalue weighted by Crippen LogP contribution is 2.22. The molecule has 2 aromatic rings. The Kier molecular flexibility index (Phi) is 5.84. The van der Waals surface area contributed by atoms with Crippen LogP contribution in [0.4, 0.5) is 16.6 Å². The second kappa shape index (κ2) is 8.48. The maximum absolute atomic E-state index is 11.9. The second-order valence-corrected chi connectivity index (χ2v) is 6.34. The number of aromatic nitrogens is 2. The first-order valence-electron chi connectivity index (χ1n) is 9.09. The van der Waals surface area contributed by atoms with Crippen LogP contribution in [0.15, 0.2) is 24.3 Å². The van der Waals surface area contributed by atoms with Gasteiger partial charge in [0.15, 0.2) is 0 Å². The number of rotatable bonds is 2. The van der Waals surface area contributed by atoms with Gasteiger partial charge in [-0.05, 0) is 32.0 Å². The molecule has 1 saturated heterocycles. The smallest absolute Gasteiger partial charge is 0.409 e. The lowest BCUT2D eigenvalue weighted by Gasteiger charge is -2.35. The van der Waals surface area contributed by atoms with E-state index in [4.69, 9.17) is 10.5 Å². The number of piperazine rings is 1. The Morgan fingerprint density at radius 3 is 2.68 bits per heavy atom. The number of phenolic OH excluding ortho intramolecular Hbond substituents is 1. The zero-order valence-electron chi connectivity index (χ0n) is 16.0. The first-order chi connectivity index (χ1) is 13.5. The number of benzene rings is 1. The van der Waals surface area contributed by atoms with Crippen LogP contribution >= 0.6 is 0 Å². The topological polar surface area (TPSA) is 105 Å². The van der Waals surface area contributed by atoms with Crippen LogP contribution in [0.5, 0.6) is 5.75 Å². The molecule has 0 saturated carbocycles. The summed E-state index contributed by atoms with van der Waals surface area (Å²) in [5, 5.41) is 9.61. The molecule has 0 aliphatic carbocycles. The lowest BCUT2D eigenvalue weighted by Crippen LogP contribution is -2.49. The Morgan fingerprint density at radius 1 is 1.25 bits per heavy atom. The third-order valence-corrected chi connectivity index (χ3v) is 4.37. The Bertz CT molecular complexity index is 927. The van der Waals surface area contributed by atoms with E-state index in [-0.39, 0.29) is 17.8 Å². The van der Waals surface area contributed by atoms with Gasteiger partial charge in [0, 0.05) is 31.7 Å². The van der Waals surface area contributed by atoms with Crippen molar-refractivity contribution in [3.63, 3.8) is 0 Å². The maximum Gasteiger partial charge on any atom is 0.409 e. The first-order valence-corrected chi connectivity index (χ1v) is 9.09. The fourth-order valence-corrected chi connectivity index (χ4v) is 2.99. The first kappa shape index (κ1) is 19.3. The van der Waals surface area contributed by atoms with Crippen LogP contribution in [-0.2, 0) is 4.74 Å². The van der Waals surface area contributed by atoms with E-state index in [9.17, 15) is 9.90 Å². The molecule has 8 heteroatoms. The van der Waals surface area contributed by atoms with E-state index < -0.39 is 0 Å². The van der Waals surface area contributed by atoms with Crippen LogP contribution in [0, 0.1) is 18.8 Å². The number of phenols is 1. The molecule has 146 valence electrons. The lowest BCUT2D eigenvalue weighted by atomic mass is 10.1. The van der Waals surface area contributed by atoms with E-state index in [1.54, 1.807) is 30.0 Å². The molecule has 0 unspecified atom stereocenters. The number of anilines is 2. The van der Waals surface area contributed by atoms with Gasteiger partial charge >= 0.3 is 6.09 Å². The highest BCUT2D eigenvalue weighted by Gasteiger charge is 2.25. The molecule has 1 aromatic heterocycles. The third kappa shape index (κ3) is 4.43. The quantitative estimate of drug-likeness (QED) is 0.764.